The minimum Gasteiger partial charge on any atom is -0.548 e. The zero-order valence-corrected chi connectivity index (χ0v) is 10.1. The number of hydrogen-bond donors (Lipinski definition) is 1. The molecule has 0 atom stereocenters. The fourth-order valence-corrected chi connectivity index (χ4v) is 1.28. The molecule has 0 unspecified atom stereocenters. The zero-order chi connectivity index (χ0) is 9.42. The largest absolute Gasteiger partial charge is 1.00 e. The van der Waals surface area contributed by atoms with Crippen molar-refractivity contribution in [3.05, 3.63) is 11.8 Å². The molecule has 2 N–H and O–H groups in total. The van der Waals surface area contributed by atoms with Crippen LogP contribution in [0.3, 0.4) is 0 Å². The number of aromatic nitrogens is 2. The molecule has 0 aromatic carbocycles. The van der Waals surface area contributed by atoms with E-state index >= 15 is 0 Å². The molecule has 0 radical (unpaired) electrons. The SMILES string of the molecule is Nc1cc(C2CC2)nn1CC(=O)[O-].[Na+]. The summed E-state index contributed by atoms with van der Waals surface area (Å²) in [6.07, 6.45) is 2.25. The first-order chi connectivity index (χ1) is 6.16. The van der Waals surface area contributed by atoms with E-state index in [0.717, 1.165) is 18.5 Å². The number of carbonyl (C=O) groups excluding carboxylic acids is 1. The average Bonchev–Trinajstić information content (AvgIpc) is 2.79. The topological polar surface area (TPSA) is 84.0 Å². The first-order valence-electron chi connectivity index (χ1n) is 4.20. The van der Waals surface area contributed by atoms with Crippen LogP contribution in [0.2, 0.25) is 0 Å². The number of carboxylic acid groups (broad SMARTS) is 1. The molecule has 2 rings (SSSR count). The molecule has 1 heterocycles. The van der Waals surface area contributed by atoms with E-state index in [1.54, 1.807) is 6.07 Å². The third-order valence-electron chi connectivity index (χ3n) is 2.10. The maximum atomic E-state index is 10.3. The van der Waals surface area contributed by atoms with Gasteiger partial charge >= 0.3 is 29.6 Å². The predicted octanol–water partition coefficient (Wildman–Crippen LogP) is -3.90. The second kappa shape index (κ2) is 4.33. The Hall–Kier alpha value is -0.520. The third kappa shape index (κ3) is 2.50. The van der Waals surface area contributed by atoms with Crippen LogP contribution in [0, 0.1) is 0 Å². The number of carboxylic acids is 1. The molecule has 0 bridgehead atoms. The van der Waals surface area contributed by atoms with Gasteiger partial charge in [0.25, 0.3) is 0 Å². The molecule has 1 aliphatic rings. The Morgan fingerprint density at radius 2 is 2.36 bits per heavy atom. The molecule has 1 aromatic heterocycles. The van der Waals surface area contributed by atoms with Crippen LogP contribution in [0.4, 0.5) is 5.82 Å². The number of carbonyl (C=O) groups is 1. The van der Waals surface area contributed by atoms with Crippen molar-refractivity contribution >= 4 is 11.8 Å². The van der Waals surface area contributed by atoms with Crippen LogP contribution in [-0.2, 0) is 11.3 Å². The molecule has 1 saturated carbocycles. The van der Waals surface area contributed by atoms with E-state index in [1.807, 2.05) is 0 Å². The van der Waals surface area contributed by atoms with Gasteiger partial charge in [-0.3, -0.25) is 0 Å². The molecule has 1 aromatic rings. The van der Waals surface area contributed by atoms with Gasteiger partial charge in [-0.2, -0.15) is 5.10 Å². The van der Waals surface area contributed by atoms with Crippen LogP contribution in [0.15, 0.2) is 6.07 Å². The summed E-state index contributed by atoms with van der Waals surface area (Å²) < 4.78 is 1.27. The predicted molar refractivity (Wildman–Crippen MR) is 43.6 cm³/mol. The van der Waals surface area contributed by atoms with E-state index in [1.165, 1.54) is 4.68 Å². The van der Waals surface area contributed by atoms with Crippen molar-refractivity contribution in [2.75, 3.05) is 5.73 Å². The van der Waals surface area contributed by atoms with Gasteiger partial charge in [-0.05, 0) is 12.8 Å². The van der Waals surface area contributed by atoms with E-state index in [9.17, 15) is 9.90 Å². The summed E-state index contributed by atoms with van der Waals surface area (Å²) in [5.41, 5.74) is 6.47. The minimum atomic E-state index is -1.17. The summed E-state index contributed by atoms with van der Waals surface area (Å²) in [7, 11) is 0. The number of nitrogen functional groups attached to an aromatic ring is 1. The Balaban J connectivity index is 0.000000980. The maximum absolute atomic E-state index is 10.3. The fourth-order valence-electron chi connectivity index (χ4n) is 1.28. The van der Waals surface area contributed by atoms with Crippen molar-refractivity contribution in [3.63, 3.8) is 0 Å². The minimum absolute atomic E-state index is 0. The van der Waals surface area contributed by atoms with Crippen molar-refractivity contribution in [3.8, 4) is 0 Å². The molecule has 14 heavy (non-hydrogen) atoms. The normalized spacial score (nSPS) is 14.9. The summed E-state index contributed by atoms with van der Waals surface area (Å²) in [6.45, 7) is -0.265. The summed E-state index contributed by atoms with van der Waals surface area (Å²) >= 11 is 0. The summed E-state index contributed by atoms with van der Waals surface area (Å²) in [4.78, 5) is 10.3. The monoisotopic (exact) mass is 203 g/mol. The number of nitrogens with two attached hydrogens (primary N) is 1. The third-order valence-corrected chi connectivity index (χ3v) is 2.10. The number of hydrogen-bond acceptors (Lipinski definition) is 4. The number of anilines is 1. The zero-order valence-electron chi connectivity index (χ0n) is 8.06. The van der Waals surface area contributed by atoms with Gasteiger partial charge in [0, 0.05) is 12.0 Å². The van der Waals surface area contributed by atoms with E-state index in [-0.39, 0.29) is 36.1 Å². The molecular formula is C8H10N3NaO2. The van der Waals surface area contributed by atoms with Crippen LogP contribution in [0.1, 0.15) is 24.5 Å². The Bertz CT molecular complexity index is 346. The second-order valence-corrected chi connectivity index (χ2v) is 3.30. The Morgan fingerprint density at radius 3 is 2.86 bits per heavy atom. The van der Waals surface area contributed by atoms with Crippen LogP contribution in [0.5, 0.6) is 0 Å². The van der Waals surface area contributed by atoms with Gasteiger partial charge in [-0.15, -0.1) is 0 Å². The van der Waals surface area contributed by atoms with E-state index in [4.69, 9.17) is 5.73 Å². The first kappa shape index (κ1) is 11.6. The van der Waals surface area contributed by atoms with Crippen LogP contribution >= 0.6 is 0 Å². The summed E-state index contributed by atoms with van der Waals surface area (Å²) in [6, 6.07) is 1.74. The first-order valence-corrected chi connectivity index (χ1v) is 4.20. The van der Waals surface area contributed by atoms with Gasteiger partial charge in [0.05, 0.1) is 18.2 Å². The van der Waals surface area contributed by atoms with Crippen molar-refractivity contribution in [1.82, 2.24) is 9.78 Å². The summed E-state index contributed by atoms with van der Waals surface area (Å²) in [5, 5.41) is 14.4. The smallest absolute Gasteiger partial charge is 0.548 e. The number of rotatable bonds is 3. The molecule has 0 amide bonds. The number of aliphatic carboxylic acids is 1. The Morgan fingerprint density at radius 1 is 1.71 bits per heavy atom. The van der Waals surface area contributed by atoms with Gasteiger partial charge < -0.3 is 15.6 Å². The van der Waals surface area contributed by atoms with E-state index in [0.29, 0.717) is 11.7 Å². The summed E-state index contributed by atoms with van der Waals surface area (Å²) in [5.74, 6) is -0.284. The van der Waals surface area contributed by atoms with Gasteiger partial charge in [-0.1, -0.05) is 0 Å². The Labute approximate surface area is 104 Å². The van der Waals surface area contributed by atoms with Crippen LogP contribution < -0.4 is 40.4 Å². The average molecular weight is 203 g/mol. The van der Waals surface area contributed by atoms with Crippen LogP contribution in [0.25, 0.3) is 0 Å². The van der Waals surface area contributed by atoms with Crippen LogP contribution in [-0.4, -0.2) is 15.7 Å². The maximum Gasteiger partial charge on any atom is 1.00 e. The number of nitrogens with zero attached hydrogens (tertiary/aromatic N) is 2. The molecule has 70 valence electrons. The molecule has 0 spiro atoms. The van der Waals surface area contributed by atoms with Crippen molar-refractivity contribution in [1.29, 1.82) is 0 Å². The fraction of sp³-hybridized carbons (Fsp3) is 0.500. The van der Waals surface area contributed by atoms with Gasteiger partial charge in [0.15, 0.2) is 0 Å². The quantitative estimate of drug-likeness (QED) is 0.509. The van der Waals surface area contributed by atoms with Gasteiger partial charge in [0.2, 0.25) is 0 Å². The Kier molecular flexibility index (Phi) is 3.58. The van der Waals surface area contributed by atoms with E-state index < -0.39 is 5.97 Å². The van der Waals surface area contributed by atoms with Crippen molar-refractivity contribution in [2.24, 2.45) is 0 Å². The molecule has 6 heteroatoms. The second-order valence-electron chi connectivity index (χ2n) is 3.30. The molecule has 0 saturated heterocycles. The molecule has 1 fully saturated rings. The molecule has 0 aliphatic heterocycles. The molecule has 5 nitrogen and oxygen atoms in total. The standard InChI is InChI=1S/C8H11N3O2.Na/c9-7-3-6(5-1-2-5)10-11(7)4-8(12)13;/h3,5H,1-2,4,9H2,(H,12,13);/q;+1/p-1. The van der Waals surface area contributed by atoms with E-state index in [2.05, 4.69) is 5.10 Å². The van der Waals surface area contributed by atoms with Crippen molar-refractivity contribution in [2.45, 2.75) is 25.3 Å². The molecular weight excluding hydrogens is 193 g/mol. The van der Waals surface area contributed by atoms with Gasteiger partial charge in [-0.25, -0.2) is 4.68 Å². The van der Waals surface area contributed by atoms with Gasteiger partial charge in [0.1, 0.15) is 5.82 Å². The molecule has 1 aliphatic carbocycles. The van der Waals surface area contributed by atoms with Crippen molar-refractivity contribution < 1.29 is 39.5 Å².